The zero-order chi connectivity index (χ0) is 12.3. The number of imidazole rings is 1. The number of carbonyl (C=O) groups is 1. The van der Waals surface area contributed by atoms with Crippen molar-refractivity contribution in [2.45, 2.75) is 19.8 Å². The predicted molar refractivity (Wildman–Crippen MR) is 64.3 cm³/mol. The van der Waals surface area contributed by atoms with Crippen molar-refractivity contribution in [1.29, 1.82) is 0 Å². The van der Waals surface area contributed by atoms with Crippen LogP contribution in [-0.4, -0.2) is 20.6 Å². The van der Waals surface area contributed by atoms with Gasteiger partial charge in [0.25, 0.3) is 0 Å². The highest BCUT2D eigenvalue weighted by atomic mass is 16.4. The maximum atomic E-state index is 10.5. The zero-order valence-corrected chi connectivity index (χ0v) is 9.63. The molecule has 1 aromatic carbocycles. The van der Waals surface area contributed by atoms with Crippen LogP contribution >= 0.6 is 0 Å². The highest BCUT2D eigenvalue weighted by Gasteiger charge is 2.03. The van der Waals surface area contributed by atoms with Gasteiger partial charge in [-0.15, -0.1) is 0 Å². The van der Waals surface area contributed by atoms with E-state index in [1.807, 2.05) is 35.9 Å². The van der Waals surface area contributed by atoms with Gasteiger partial charge in [0, 0.05) is 18.3 Å². The number of aryl methyl sites for hydroxylation is 2. The van der Waals surface area contributed by atoms with Crippen molar-refractivity contribution in [3.05, 3.63) is 48.0 Å². The Morgan fingerprint density at radius 2 is 2.29 bits per heavy atom. The predicted octanol–water partition coefficient (Wildman–Crippen LogP) is 2.20. The SMILES string of the molecule is Cc1cccc(-n2cnc(CCC(=O)O)c2)c1. The lowest BCUT2D eigenvalue weighted by atomic mass is 10.2. The number of rotatable bonds is 4. The van der Waals surface area contributed by atoms with E-state index in [1.165, 1.54) is 5.56 Å². The van der Waals surface area contributed by atoms with Crippen molar-refractivity contribution in [3.8, 4) is 5.69 Å². The van der Waals surface area contributed by atoms with Crippen LogP contribution in [0.2, 0.25) is 0 Å². The third kappa shape index (κ3) is 2.93. The summed E-state index contributed by atoms with van der Waals surface area (Å²) >= 11 is 0. The standard InChI is InChI=1S/C13H14N2O2/c1-10-3-2-4-12(7-10)15-8-11(14-9-15)5-6-13(16)17/h2-4,7-9H,5-6H2,1H3,(H,16,17). The summed E-state index contributed by atoms with van der Waals surface area (Å²) in [6.07, 6.45) is 4.17. The fourth-order valence-electron chi connectivity index (χ4n) is 1.66. The minimum atomic E-state index is -0.796. The number of aliphatic carboxylic acids is 1. The largest absolute Gasteiger partial charge is 0.481 e. The smallest absolute Gasteiger partial charge is 0.303 e. The lowest BCUT2D eigenvalue weighted by molar-refractivity contribution is -0.136. The second kappa shape index (κ2) is 4.82. The number of aromatic nitrogens is 2. The number of carboxylic acids is 1. The number of benzene rings is 1. The molecule has 2 rings (SSSR count). The molecule has 0 aliphatic carbocycles. The summed E-state index contributed by atoms with van der Waals surface area (Å²) in [5.41, 5.74) is 3.02. The molecule has 1 heterocycles. The van der Waals surface area contributed by atoms with Gasteiger partial charge in [0.15, 0.2) is 0 Å². The summed E-state index contributed by atoms with van der Waals surface area (Å²) in [4.78, 5) is 14.7. The Bertz CT molecular complexity index is 532. The van der Waals surface area contributed by atoms with Crippen LogP contribution in [0.25, 0.3) is 5.69 Å². The molecule has 0 saturated carbocycles. The van der Waals surface area contributed by atoms with Gasteiger partial charge in [0.1, 0.15) is 0 Å². The first-order valence-electron chi connectivity index (χ1n) is 5.47. The van der Waals surface area contributed by atoms with Crippen LogP contribution in [0.4, 0.5) is 0 Å². The Labute approximate surface area is 99.5 Å². The summed E-state index contributed by atoms with van der Waals surface area (Å²) < 4.78 is 1.91. The second-order valence-corrected chi connectivity index (χ2v) is 4.01. The van der Waals surface area contributed by atoms with Crippen molar-refractivity contribution in [2.75, 3.05) is 0 Å². The second-order valence-electron chi connectivity index (χ2n) is 4.01. The molecule has 17 heavy (non-hydrogen) atoms. The molecule has 0 saturated heterocycles. The molecule has 1 aromatic heterocycles. The molecule has 0 bridgehead atoms. The first kappa shape index (κ1) is 11.4. The number of carboxylic acid groups (broad SMARTS) is 1. The van der Waals surface area contributed by atoms with Crippen molar-refractivity contribution in [1.82, 2.24) is 9.55 Å². The van der Waals surface area contributed by atoms with Crippen LogP contribution in [0.3, 0.4) is 0 Å². The van der Waals surface area contributed by atoms with Crippen molar-refractivity contribution >= 4 is 5.97 Å². The average molecular weight is 230 g/mol. The van der Waals surface area contributed by atoms with Gasteiger partial charge in [-0.3, -0.25) is 4.79 Å². The molecule has 0 spiro atoms. The van der Waals surface area contributed by atoms with Gasteiger partial charge in [-0.1, -0.05) is 12.1 Å². The molecule has 4 heteroatoms. The maximum absolute atomic E-state index is 10.5. The molecule has 0 fully saturated rings. The van der Waals surface area contributed by atoms with E-state index in [0.717, 1.165) is 11.4 Å². The third-order valence-corrected chi connectivity index (χ3v) is 2.53. The molecule has 88 valence electrons. The van der Waals surface area contributed by atoms with Crippen LogP contribution in [-0.2, 0) is 11.2 Å². The molecule has 4 nitrogen and oxygen atoms in total. The number of hydrogen-bond donors (Lipinski definition) is 1. The van der Waals surface area contributed by atoms with Crippen LogP contribution in [0, 0.1) is 6.92 Å². The Morgan fingerprint density at radius 3 is 3.00 bits per heavy atom. The average Bonchev–Trinajstić information content (AvgIpc) is 2.75. The van der Waals surface area contributed by atoms with Crippen molar-refractivity contribution in [3.63, 3.8) is 0 Å². The van der Waals surface area contributed by atoms with Crippen LogP contribution in [0.1, 0.15) is 17.7 Å². The summed E-state index contributed by atoms with van der Waals surface area (Å²) in [5.74, 6) is -0.796. The lowest BCUT2D eigenvalue weighted by Gasteiger charge is -2.02. The highest BCUT2D eigenvalue weighted by Crippen LogP contribution is 2.11. The van der Waals surface area contributed by atoms with Gasteiger partial charge in [0.2, 0.25) is 0 Å². The van der Waals surface area contributed by atoms with E-state index in [1.54, 1.807) is 6.33 Å². The quantitative estimate of drug-likeness (QED) is 0.876. The fraction of sp³-hybridized carbons (Fsp3) is 0.231. The Hall–Kier alpha value is -2.10. The molecule has 0 atom stereocenters. The van der Waals surface area contributed by atoms with Gasteiger partial charge in [0.05, 0.1) is 18.4 Å². The molecule has 2 aromatic rings. The van der Waals surface area contributed by atoms with Gasteiger partial charge in [-0.2, -0.15) is 0 Å². The number of nitrogens with zero attached hydrogens (tertiary/aromatic N) is 2. The van der Waals surface area contributed by atoms with E-state index < -0.39 is 5.97 Å². The minimum Gasteiger partial charge on any atom is -0.481 e. The third-order valence-electron chi connectivity index (χ3n) is 2.53. The lowest BCUT2D eigenvalue weighted by Crippen LogP contribution is -1.97. The minimum absolute atomic E-state index is 0.116. The highest BCUT2D eigenvalue weighted by molar-refractivity contribution is 5.66. The molecular weight excluding hydrogens is 216 g/mol. The zero-order valence-electron chi connectivity index (χ0n) is 9.63. The molecule has 0 unspecified atom stereocenters. The molecule has 0 amide bonds. The molecule has 0 radical (unpaired) electrons. The Balaban J connectivity index is 2.15. The fourth-order valence-corrected chi connectivity index (χ4v) is 1.66. The first-order chi connectivity index (χ1) is 8.15. The summed E-state index contributed by atoms with van der Waals surface area (Å²) in [5, 5.41) is 8.60. The Kier molecular flexibility index (Phi) is 3.23. The summed E-state index contributed by atoms with van der Waals surface area (Å²) in [6, 6.07) is 8.08. The first-order valence-corrected chi connectivity index (χ1v) is 5.47. The van der Waals surface area contributed by atoms with Crippen LogP contribution < -0.4 is 0 Å². The van der Waals surface area contributed by atoms with Crippen molar-refractivity contribution in [2.24, 2.45) is 0 Å². The molecule has 0 aliphatic heterocycles. The van der Waals surface area contributed by atoms with E-state index in [9.17, 15) is 4.79 Å². The molecule has 0 aliphatic rings. The van der Waals surface area contributed by atoms with E-state index in [-0.39, 0.29) is 6.42 Å². The van der Waals surface area contributed by atoms with E-state index in [0.29, 0.717) is 6.42 Å². The van der Waals surface area contributed by atoms with Gasteiger partial charge in [-0.25, -0.2) is 4.98 Å². The van der Waals surface area contributed by atoms with Crippen LogP contribution in [0.5, 0.6) is 0 Å². The van der Waals surface area contributed by atoms with E-state index >= 15 is 0 Å². The van der Waals surface area contributed by atoms with Gasteiger partial charge >= 0.3 is 5.97 Å². The van der Waals surface area contributed by atoms with E-state index in [4.69, 9.17) is 5.11 Å². The summed E-state index contributed by atoms with van der Waals surface area (Å²) in [7, 11) is 0. The topological polar surface area (TPSA) is 55.1 Å². The van der Waals surface area contributed by atoms with Gasteiger partial charge in [-0.05, 0) is 24.6 Å². The van der Waals surface area contributed by atoms with Crippen molar-refractivity contribution < 1.29 is 9.90 Å². The maximum Gasteiger partial charge on any atom is 0.303 e. The Morgan fingerprint density at radius 1 is 1.47 bits per heavy atom. The molecular formula is C13H14N2O2. The van der Waals surface area contributed by atoms with Gasteiger partial charge < -0.3 is 9.67 Å². The number of hydrogen-bond acceptors (Lipinski definition) is 2. The van der Waals surface area contributed by atoms with E-state index in [2.05, 4.69) is 11.1 Å². The monoisotopic (exact) mass is 230 g/mol. The molecule has 1 N–H and O–H groups in total. The normalized spacial score (nSPS) is 10.4. The van der Waals surface area contributed by atoms with Crippen LogP contribution in [0.15, 0.2) is 36.8 Å². The summed E-state index contributed by atoms with van der Waals surface area (Å²) in [6.45, 7) is 2.03.